The molecule has 1 aliphatic carbocycles. The lowest BCUT2D eigenvalue weighted by atomic mass is 10.2. The van der Waals surface area contributed by atoms with Crippen LogP contribution < -0.4 is 11.1 Å². The molecule has 0 bridgehead atoms. The molecule has 0 heterocycles. The molecule has 16 heavy (non-hydrogen) atoms. The number of benzene rings is 1. The van der Waals surface area contributed by atoms with Crippen LogP contribution in [0, 0.1) is 5.82 Å². The van der Waals surface area contributed by atoms with Gasteiger partial charge in [-0.05, 0) is 36.6 Å². The molecule has 0 aromatic heterocycles. The molecule has 0 aliphatic heterocycles. The van der Waals surface area contributed by atoms with Crippen molar-refractivity contribution >= 4 is 21.9 Å². The fraction of sp³-hybridized carbons (Fsp3) is 0.364. The highest BCUT2D eigenvalue weighted by molar-refractivity contribution is 9.10. The van der Waals surface area contributed by atoms with Crippen LogP contribution >= 0.6 is 15.9 Å². The number of nitrogens with one attached hydrogen (secondary N) is 1. The SMILES string of the molecule is NC(=NCc1cc(F)ccc1Br)NC1CC1. The Bertz CT molecular complexity index is 416. The molecule has 1 aliphatic rings. The highest BCUT2D eigenvalue weighted by Gasteiger charge is 2.21. The zero-order chi connectivity index (χ0) is 11.5. The van der Waals surface area contributed by atoms with Crippen LogP contribution in [0.5, 0.6) is 0 Å². The molecule has 0 unspecified atom stereocenters. The van der Waals surface area contributed by atoms with E-state index in [9.17, 15) is 4.39 Å². The first-order valence-electron chi connectivity index (χ1n) is 5.15. The van der Waals surface area contributed by atoms with Gasteiger partial charge in [0, 0.05) is 10.5 Å². The predicted octanol–water partition coefficient (Wildman–Crippen LogP) is 2.15. The van der Waals surface area contributed by atoms with E-state index in [-0.39, 0.29) is 5.82 Å². The Labute approximate surface area is 102 Å². The first-order chi connectivity index (χ1) is 7.65. The zero-order valence-electron chi connectivity index (χ0n) is 8.71. The Morgan fingerprint density at radius 3 is 3.00 bits per heavy atom. The van der Waals surface area contributed by atoms with Crippen LogP contribution in [0.15, 0.2) is 27.7 Å². The predicted molar refractivity (Wildman–Crippen MR) is 65.6 cm³/mol. The van der Waals surface area contributed by atoms with E-state index in [2.05, 4.69) is 26.2 Å². The van der Waals surface area contributed by atoms with E-state index in [1.165, 1.54) is 12.1 Å². The van der Waals surface area contributed by atoms with Crippen molar-refractivity contribution < 1.29 is 4.39 Å². The molecule has 1 fully saturated rings. The normalized spacial score (nSPS) is 16.2. The average molecular weight is 286 g/mol. The van der Waals surface area contributed by atoms with E-state index in [1.807, 2.05) is 0 Å². The molecule has 3 N–H and O–H groups in total. The molecule has 0 radical (unpaired) electrons. The number of nitrogens with zero attached hydrogens (tertiary/aromatic N) is 1. The average Bonchev–Trinajstić information content (AvgIpc) is 3.03. The summed E-state index contributed by atoms with van der Waals surface area (Å²) in [6, 6.07) is 5.02. The van der Waals surface area contributed by atoms with Crippen molar-refractivity contribution in [3.05, 3.63) is 34.1 Å². The molecule has 1 saturated carbocycles. The van der Waals surface area contributed by atoms with Crippen LogP contribution in [0.4, 0.5) is 4.39 Å². The highest BCUT2D eigenvalue weighted by atomic mass is 79.9. The number of hydrogen-bond acceptors (Lipinski definition) is 1. The maximum Gasteiger partial charge on any atom is 0.189 e. The second-order valence-electron chi connectivity index (χ2n) is 3.86. The third-order valence-electron chi connectivity index (χ3n) is 2.36. The zero-order valence-corrected chi connectivity index (χ0v) is 10.3. The molecule has 2 rings (SSSR count). The molecule has 5 heteroatoms. The summed E-state index contributed by atoms with van der Waals surface area (Å²) in [5.41, 5.74) is 6.47. The fourth-order valence-electron chi connectivity index (χ4n) is 1.32. The van der Waals surface area contributed by atoms with Gasteiger partial charge in [-0.25, -0.2) is 9.38 Å². The largest absolute Gasteiger partial charge is 0.370 e. The number of halogens is 2. The van der Waals surface area contributed by atoms with Gasteiger partial charge in [0.05, 0.1) is 6.54 Å². The Morgan fingerprint density at radius 2 is 2.31 bits per heavy atom. The summed E-state index contributed by atoms with van der Waals surface area (Å²) in [7, 11) is 0. The van der Waals surface area contributed by atoms with Crippen molar-refractivity contribution in [2.75, 3.05) is 0 Å². The maximum atomic E-state index is 13.0. The quantitative estimate of drug-likeness (QED) is 0.661. The van der Waals surface area contributed by atoms with Gasteiger partial charge in [0.25, 0.3) is 0 Å². The van der Waals surface area contributed by atoms with E-state index < -0.39 is 0 Å². The number of rotatable bonds is 3. The van der Waals surface area contributed by atoms with E-state index in [0.29, 0.717) is 18.5 Å². The van der Waals surface area contributed by atoms with E-state index >= 15 is 0 Å². The van der Waals surface area contributed by atoms with Crippen LogP contribution in [0.25, 0.3) is 0 Å². The maximum absolute atomic E-state index is 13.0. The smallest absolute Gasteiger partial charge is 0.189 e. The monoisotopic (exact) mass is 285 g/mol. The summed E-state index contributed by atoms with van der Waals surface area (Å²) in [6.45, 7) is 0.379. The lowest BCUT2D eigenvalue weighted by Gasteiger charge is -2.04. The van der Waals surface area contributed by atoms with Crippen molar-refractivity contribution in [3.63, 3.8) is 0 Å². The summed E-state index contributed by atoms with van der Waals surface area (Å²) in [5, 5.41) is 3.08. The fourth-order valence-corrected chi connectivity index (χ4v) is 1.69. The molecule has 0 amide bonds. The van der Waals surface area contributed by atoms with Crippen LogP contribution in [0.3, 0.4) is 0 Å². The number of nitrogens with two attached hydrogens (primary N) is 1. The molecule has 0 atom stereocenters. The molecule has 1 aromatic carbocycles. The summed E-state index contributed by atoms with van der Waals surface area (Å²) in [5.74, 6) is 0.167. The molecule has 86 valence electrons. The number of guanidine groups is 1. The lowest BCUT2D eigenvalue weighted by Crippen LogP contribution is -2.33. The van der Waals surface area contributed by atoms with Crippen molar-refractivity contribution in [1.29, 1.82) is 0 Å². The minimum atomic E-state index is -0.262. The van der Waals surface area contributed by atoms with E-state index in [4.69, 9.17) is 5.73 Å². The minimum Gasteiger partial charge on any atom is -0.370 e. The Balaban J connectivity index is 1.99. The summed E-state index contributed by atoms with van der Waals surface area (Å²) in [6.07, 6.45) is 2.31. The van der Waals surface area contributed by atoms with Crippen molar-refractivity contribution in [3.8, 4) is 0 Å². The van der Waals surface area contributed by atoms with E-state index in [0.717, 1.165) is 22.9 Å². The summed E-state index contributed by atoms with van der Waals surface area (Å²) in [4.78, 5) is 4.16. The standard InChI is InChI=1S/C11H13BrFN3/c12-10-4-1-8(13)5-7(10)6-15-11(14)16-9-2-3-9/h1,4-5,9H,2-3,6H2,(H3,14,15,16). The van der Waals surface area contributed by atoms with Gasteiger partial charge in [-0.2, -0.15) is 0 Å². The highest BCUT2D eigenvalue weighted by Crippen LogP contribution is 2.19. The Morgan fingerprint density at radius 1 is 1.56 bits per heavy atom. The van der Waals surface area contributed by atoms with Crippen molar-refractivity contribution in [1.82, 2.24) is 5.32 Å². The van der Waals surface area contributed by atoms with E-state index in [1.54, 1.807) is 6.07 Å². The summed E-state index contributed by atoms with van der Waals surface area (Å²) < 4.78 is 13.8. The van der Waals surface area contributed by atoms with Crippen LogP contribution in [-0.2, 0) is 6.54 Å². The first-order valence-corrected chi connectivity index (χ1v) is 5.95. The van der Waals surface area contributed by atoms with Gasteiger partial charge < -0.3 is 11.1 Å². The van der Waals surface area contributed by atoms with Gasteiger partial charge in [0.2, 0.25) is 0 Å². The molecular weight excluding hydrogens is 273 g/mol. The van der Waals surface area contributed by atoms with Gasteiger partial charge >= 0.3 is 0 Å². The molecule has 0 saturated heterocycles. The van der Waals surface area contributed by atoms with Crippen LogP contribution in [0.1, 0.15) is 18.4 Å². The van der Waals surface area contributed by atoms with Crippen molar-refractivity contribution in [2.45, 2.75) is 25.4 Å². The molecular formula is C11H13BrFN3. The Kier molecular flexibility index (Phi) is 3.43. The van der Waals surface area contributed by atoms with Gasteiger partial charge in [-0.3, -0.25) is 0 Å². The first kappa shape index (κ1) is 11.4. The minimum absolute atomic E-state index is 0.262. The topological polar surface area (TPSA) is 50.4 Å². The molecule has 1 aromatic rings. The third-order valence-corrected chi connectivity index (χ3v) is 3.13. The van der Waals surface area contributed by atoms with Gasteiger partial charge in [-0.1, -0.05) is 15.9 Å². The summed E-state index contributed by atoms with van der Waals surface area (Å²) >= 11 is 3.35. The number of aliphatic imine (C=N–C) groups is 1. The lowest BCUT2D eigenvalue weighted by molar-refractivity contribution is 0.625. The number of hydrogen-bond donors (Lipinski definition) is 2. The Hall–Kier alpha value is -1.10. The molecule has 0 spiro atoms. The van der Waals surface area contributed by atoms with Crippen LogP contribution in [0.2, 0.25) is 0 Å². The van der Waals surface area contributed by atoms with Crippen molar-refractivity contribution in [2.24, 2.45) is 10.7 Å². The van der Waals surface area contributed by atoms with Crippen LogP contribution in [-0.4, -0.2) is 12.0 Å². The second kappa shape index (κ2) is 4.82. The third kappa shape index (κ3) is 3.20. The second-order valence-corrected chi connectivity index (χ2v) is 4.71. The molecule has 3 nitrogen and oxygen atoms in total. The van der Waals surface area contributed by atoms with Gasteiger partial charge in [0.1, 0.15) is 5.82 Å². The van der Waals surface area contributed by atoms with Gasteiger partial charge in [-0.15, -0.1) is 0 Å². The van der Waals surface area contributed by atoms with Gasteiger partial charge in [0.15, 0.2) is 5.96 Å².